The second-order valence-corrected chi connectivity index (χ2v) is 5.86. The van der Waals surface area contributed by atoms with E-state index in [1.807, 2.05) is 38.2 Å². The van der Waals surface area contributed by atoms with E-state index in [2.05, 4.69) is 31.2 Å². The van der Waals surface area contributed by atoms with Gasteiger partial charge in [0.25, 0.3) is 0 Å². The van der Waals surface area contributed by atoms with Crippen LogP contribution in [-0.4, -0.2) is 17.0 Å². The number of hydrogen-bond donors (Lipinski definition) is 1. The molecule has 2 aromatic rings. The number of benzene rings is 1. The molecule has 0 amide bonds. The van der Waals surface area contributed by atoms with E-state index in [0.717, 1.165) is 27.4 Å². The normalized spacial score (nSPS) is 14.2. The highest BCUT2D eigenvalue weighted by atomic mass is 79.9. The summed E-state index contributed by atoms with van der Waals surface area (Å²) in [6.45, 7) is 1.97. The van der Waals surface area contributed by atoms with Gasteiger partial charge in [0.1, 0.15) is 17.4 Å². The fourth-order valence-corrected chi connectivity index (χ4v) is 2.26. The van der Waals surface area contributed by atoms with Crippen LogP contribution in [0.3, 0.4) is 0 Å². The van der Waals surface area contributed by atoms with Crippen LogP contribution in [0.25, 0.3) is 0 Å². The molecule has 3 rings (SSSR count). The summed E-state index contributed by atoms with van der Waals surface area (Å²) < 4.78 is 6.94. The van der Waals surface area contributed by atoms with Crippen molar-refractivity contribution in [2.45, 2.75) is 25.7 Å². The maximum absolute atomic E-state index is 5.91. The summed E-state index contributed by atoms with van der Waals surface area (Å²) >= 11 is 3.42. The molecule has 0 atom stereocenters. The molecule has 104 valence electrons. The van der Waals surface area contributed by atoms with Gasteiger partial charge in [-0.05, 0) is 44.0 Å². The van der Waals surface area contributed by atoms with Crippen LogP contribution >= 0.6 is 15.9 Å². The summed E-state index contributed by atoms with van der Waals surface area (Å²) in [5.74, 6) is 3.63. The third-order valence-electron chi connectivity index (χ3n) is 3.33. The van der Waals surface area contributed by atoms with Crippen molar-refractivity contribution in [3.8, 4) is 11.6 Å². The molecule has 5 heteroatoms. The van der Waals surface area contributed by atoms with E-state index in [4.69, 9.17) is 4.74 Å². The Bertz CT molecular complexity index is 624. The van der Waals surface area contributed by atoms with Crippen molar-refractivity contribution in [3.63, 3.8) is 0 Å². The lowest BCUT2D eigenvalue weighted by Crippen LogP contribution is -2.04. The summed E-state index contributed by atoms with van der Waals surface area (Å²) in [7, 11) is 1.87. The number of nitrogens with one attached hydrogen (secondary N) is 1. The predicted molar refractivity (Wildman–Crippen MR) is 82.5 cm³/mol. The molecular formula is C15H16BrN3O. The molecular weight excluding hydrogens is 318 g/mol. The van der Waals surface area contributed by atoms with Gasteiger partial charge in [0, 0.05) is 17.4 Å². The zero-order chi connectivity index (χ0) is 14.1. The largest absolute Gasteiger partial charge is 0.439 e. The lowest BCUT2D eigenvalue weighted by Gasteiger charge is -2.12. The minimum atomic E-state index is 0.495. The molecule has 1 heterocycles. The van der Waals surface area contributed by atoms with Gasteiger partial charge in [0.2, 0.25) is 5.88 Å². The van der Waals surface area contributed by atoms with Gasteiger partial charge < -0.3 is 10.1 Å². The molecule has 1 aromatic heterocycles. The Morgan fingerprint density at radius 3 is 2.50 bits per heavy atom. The number of halogens is 1. The van der Waals surface area contributed by atoms with Gasteiger partial charge in [-0.2, -0.15) is 4.98 Å². The van der Waals surface area contributed by atoms with E-state index in [-0.39, 0.29) is 0 Å². The lowest BCUT2D eigenvalue weighted by molar-refractivity contribution is 0.454. The quantitative estimate of drug-likeness (QED) is 0.908. The Balaban J connectivity index is 1.94. The Morgan fingerprint density at radius 2 is 1.90 bits per heavy atom. The minimum absolute atomic E-state index is 0.495. The molecule has 1 fully saturated rings. The summed E-state index contributed by atoms with van der Waals surface area (Å²) in [6, 6.07) is 7.74. The van der Waals surface area contributed by atoms with Crippen LogP contribution in [0.15, 0.2) is 28.7 Å². The second-order valence-electron chi connectivity index (χ2n) is 4.94. The van der Waals surface area contributed by atoms with Crippen LogP contribution in [0.5, 0.6) is 11.6 Å². The Labute approximate surface area is 126 Å². The van der Waals surface area contributed by atoms with Crippen LogP contribution in [0, 0.1) is 6.92 Å². The molecule has 0 aliphatic heterocycles. The molecule has 0 saturated heterocycles. The number of rotatable bonds is 4. The molecule has 4 nitrogen and oxygen atoms in total. The van der Waals surface area contributed by atoms with Crippen molar-refractivity contribution in [2.75, 3.05) is 12.4 Å². The van der Waals surface area contributed by atoms with Crippen LogP contribution in [0.4, 0.5) is 5.82 Å². The minimum Gasteiger partial charge on any atom is -0.439 e. The van der Waals surface area contributed by atoms with Crippen molar-refractivity contribution in [3.05, 3.63) is 40.1 Å². The van der Waals surface area contributed by atoms with Crippen LogP contribution < -0.4 is 10.1 Å². The monoisotopic (exact) mass is 333 g/mol. The molecule has 0 radical (unpaired) electrons. The Kier molecular flexibility index (Phi) is 3.61. The molecule has 0 unspecified atom stereocenters. The number of ether oxygens (including phenoxy) is 1. The van der Waals surface area contributed by atoms with Crippen molar-refractivity contribution >= 4 is 21.7 Å². The highest BCUT2D eigenvalue weighted by molar-refractivity contribution is 9.10. The molecule has 1 saturated carbocycles. The first kappa shape index (κ1) is 13.4. The molecule has 1 aliphatic rings. The topological polar surface area (TPSA) is 47.0 Å². The van der Waals surface area contributed by atoms with Crippen molar-refractivity contribution in [1.82, 2.24) is 9.97 Å². The fourth-order valence-electron chi connectivity index (χ4n) is 1.99. The maximum atomic E-state index is 5.91. The van der Waals surface area contributed by atoms with Crippen LogP contribution in [0.1, 0.15) is 30.1 Å². The van der Waals surface area contributed by atoms with E-state index < -0.39 is 0 Å². The van der Waals surface area contributed by atoms with E-state index in [1.54, 1.807) is 0 Å². The first-order valence-corrected chi connectivity index (χ1v) is 7.46. The summed E-state index contributed by atoms with van der Waals surface area (Å²) in [4.78, 5) is 9.14. The molecule has 0 bridgehead atoms. The Hall–Kier alpha value is -1.62. The highest BCUT2D eigenvalue weighted by Crippen LogP contribution is 2.40. The zero-order valence-corrected chi connectivity index (χ0v) is 13.1. The zero-order valence-electron chi connectivity index (χ0n) is 11.5. The van der Waals surface area contributed by atoms with Crippen molar-refractivity contribution in [1.29, 1.82) is 0 Å². The summed E-state index contributed by atoms with van der Waals surface area (Å²) in [5.41, 5.74) is 0.930. The smallest absolute Gasteiger partial charge is 0.227 e. The third-order valence-corrected chi connectivity index (χ3v) is 3.85. The van der Waals surface area contributed by atoms with Crippen molar-refractivity contribution < 1.29 is 4.74 Å². The Morgan fingerprint density at radius 1 is 1.20 bits per heavy atom. The molecule has 0 spiro atoms. The molecule has 20 heavy (non-hydrogen) atoms. The number of nitrogens with zero attached hydrogens (tertiary/aromatic N) is 2. The van der Waals surface area contributed by atoms with Gasteiger partial charge in [-0.15, -0.1) is 0 Å². The first-order chi connectivity index (χ1) is 9.67. The van der Waals surface area contributed by atoms with Gasteiger partial charge in [-0.25, -0.2) is 4.98 Å². The number of anilines is 1. The van der Waals surface area contributed by atoms with Gasteiger partial charge >= 0.3 is 0 Å². The van der Waals surface area contributed by atoms with Crippen LogP contribution in [-0.2, 0) is 0 Å². The fraction of sp³-hybridized carbons (Fsp3) is 0.333. The average Bonchev–Trinajstić information content (AvgIpc) is 3.28. The van der Waals surface area contributed by atoms with E-state index >= 15 is 0 Å². The standard InChI is InChI=1S/C15H16BrN3O/c1-9-13(17-2)18-14(10-3-4-10)19-15(9)20-12-7-5-11(16)6-8-12/h5-8,10H,3-4H2,1-2H3,(H,17,18,19). The molecule has 1 N–H and O–H groups in total. The van der Waals surface area contributed by atoms with E-state index in [0.29, 0.717) is 11.8 Å². The van der Waals surface area contributed by atoms with Gasteiger partial charge in [-0.3, -0.25) is 0 Å². The summed E-state index contributed by atoms with van der Waals surface area (Å²) in [5, 5.41) is 3.11. The SMILES string of the molecule is CNc1nc(C2CC2)nc(Oc2ccc(Br)cc2)c1C. The maximum Gasteiger partial charge on any atom is 0.227 e. The van der Waals surface area contributed by atoms with Gasteiger partial charge in [-0.1, -0.05) is 15.9 Å². The highest BCUT2D eigenvalue weighted by Gasteiger charge is 2.28. The number of hydrogen-bond acceptors (Lipinski definition) is 4. The van der Waals surface area contributed by atoms with Gasteiger partial charge in [0.05, 0.1) is 5.56 Å². The van der Waals surface area contributed by atoms with E-state index in [9.17, 15) is 0 Å². The average molecular weight is 334 g/mol. The van der Waals surface area contributed by atoms with Crippen molar-refractivity contribution in [2.24, 2.45) is 0 Å². The predicted octanol–water partition coefficient (Wildman–Crippen LogP) is 4.26. The van der Waals surface area contributed by atoms with Crippen LogP contribution in [0.2, 0.25) is 0 Å². The molecule has 1 aromatic carbocycles. The molecule has 1 aliphatic carbocycles. The third kappa shape index (κ3) is 2.77. The summed E-state index contributed by atoms with van der Waals surface area (Å²) in [6.07, 6.45) is 2.34. The lowest BCUT2D eigenvalue weighted by atomic mass is 10.3. The first-order valence-electron chi connectivity index (χ1n) is 6.67. The van der Waals surface area contributed by atoms with Gasteiger partial charge in [0.15, 0.2) is 0 Å². The number of aromatic nitrogens is 2. The van der Waals surface area contributed by atoms with E-state index in [1.165, 1.54) is 12.8 Å². The second kappa shape index (κ2) is 5.40.